The van der Waals surface area contributed by atoms with Gasteiger partial charge in [-0.05, 0) is 88.8 Å². The molecule has 0 radical (unpaired) electrons. The largest absolute Gasteiger partial charge is 0.495 e. The van der Waals surface area contributed by atoms with Gasteiger partial charge in [0.2, 0.25) is 5.91 Å². The minimum Gasteiger partial charge on any atom is -0.495 e. The topological polar surface area (TPSA) is 112 Å². The van der Waals surface area contributed by atoms with Crippen LogP contribution in [0.2, 0.25) is 0 Å². The summed E-state index contributed by atoms with van der Waals surface area (Å²) in [5.41, 5.74) is 0.895. The van der Waals surface area contributed by atoms with Crippen LogP contribution in [-0.4, -0.2) is 104 Å². The normalized spacial score (nSPS) is 22.0. The standard InChI is InChI=1S/C32H47N5O6/c1-31(2,3)43-30(41)36-15-12-32(13-16-36)10-7-23(8-11-32)22-34-17-19-35(20-18-34)28(39)24-5-6-26(42-4)25(21-24)37-14-9-27(38)33-29(37)40/h5-6,21,23H,7-20,22H2,1-4H3,(H,33,38,40). The van der Waals surface area contributed by atoms with E-state index < -0.39 is 11.6 Å². The van der Waals surface area contributed by atoms with E-state index >= 15 is 0 Å². The number of anilines is 1. The lowest BCUT2D eigenvalue weighted by Gasteiger charge is -2.47. The van der Waals surface area contributed by atoms with Crippen molar-refractivity contribution >= 4 is 29.6 Å². The van der Waals surface area contributed by atoms with Crippen molar-refractivity contribution in [3.8, 4) is 5.75 Å². The Labute approximate surface area is 254 Å². The van der Waals surface area contributed by atoms with Gasteiger partial charge >= 0.3 is 12.1 Å². The number of amides is 5. The lowest BCUT2D eigenvalue weighted by atomic mass is 9.65. The predicted molar refractivity (Wildman–Crippen MR) is 162 cm³/mol. The van der Waals surface area contributed by atoms with E-state index in [1.165, 1.54) is 37.7 Å². The monoisotopic (exact) mass is 597 g/mol. The molecule has 11 heteroatoms. The van der Waals surface area contributed by atoms with E-state index in [9.17, 15) is 19.2 Å². The number of carbonyl (C=O) groups excluding carboxylic acids is 4. The van der Waals surface area contributed by atoms with Gasteiger partial charge in [-0.3, -0.25) is 24.7 Å². The van der Waals surface area contributed by atoms with Crippen molar-refractivity contribution in [3.63, 3.8) is 0 Å². The number of likely N-dealkylation sites (tertiary alicyclic amines) is 1. The Balaban J connectivity index is 1.08. The van der Waals surface area contributed by atoms with Gasteiger partial charge in [-0.15, -0.1) is 0 Å². The van der Waals surface area contributed by atoms with Crippen LogP contribution in [-0.2, 0) is 9.53 Å². The molecule has 1 aromatic carbocycles. The number of piperidine rings is 1. The van der Waals surface area contributed by atoms with E-state index in [2.05, 4.69) is 10.2 Å². The number of rotatable bonds is 5. The summed E-state index contributed by atoms with van der Waals surface area (Å²) in [6.07, 6.45) is 7.02. The molecule has 1 aromatic rings. The molecule has 0 aromatic heterocycles. The second-order valence-corrected chi connectivity index (χ2v) is 13.6. The zero-order valence-corrected chi connectivity index (χ0v) is 26.2. The van der Waals surface area contributed by atoms with Crippen molar-refractivity contribution in [2.45, 2.75) is 71.3 Å². The number of nitrogens with zero attached hydrogens (tertiary/aromatic N) is 4. The first-order valence-electron chi connectivity index (χ1n) is 15.7. The number of carbonyl (C=O) groups is 4. The third-order valence-electron chi connectivity index (χ3n) is 9.59. The number of piperazine rings is 1. The number of hydrogen-bond donors (Lipinski definition) is 1. The summed E-state index contributed by atoms with van der Waals surface area (Å²) < 4.78 is 11.0. The Morgan fingerprint density at radius 3 is 2.21 bits per heavy atom. The molecule has 11 nitrogen and oxygen atoms in total. The smallest absolute Gasteiger partial charge is 0.410 e. The number of benzene rings is 1. The molecule has 1 spiro atoms. The van der Waals surface area contributed by atoms with Crippen molar-refractivity contribution in [1.82, 2.24) is 20.0 Å². The lowest BCUT2D eigenvalue weighted by Crippen LogP contribution is -2.51. The number of urea groups is 1. The van der Waals surface area contributed by atoms with Crippen LogP contribution in [0.3, 0.4) is 0 Å². The van der Waals surface area contributed by atoms with Crippen LogP contribution in [0.1, 0.15) is 76.1 Å². The second-order valence-electron chi connectivity index (χ2n) is 13.6. The minimum absolute atomic E-state index is 0.0608. The zero-order valence-electron chi connectivity index (χ0n) is 26.2. The third kappa shape index (κ3) is 7.42. The van der Waals surface area contributed by atoms with Crippen LogP contribution < -0.4 is 15.0 Å². The Hall–Kier alpha value is -3.34. The van der Waals surface area contributed by atoms with E-state index in [4.69, 9.17) is 9.47 Å². The maximum Gasteiger partial charge on any atom is 0.410 e. The highest BCUT2D eigenvalue weighted by molar-refractivity contribution is 6.07. The summed E-state index contributed by atoms with van der Waals surface area (Å²) in [5, 5.41) is 2.33. The molecule has 3 aliphatic heterocycles. The summed E-state index contributed by atoms with van der Waals surface area (Å²) in [6, 6.07) is 4.63. The van der Waals surface area contributed by atoms with Gasteiger partial charge in [0.15, 0.2) is 0 Å². The van der Waals surface area contributed by atoms with Crippen LogP contribution in [0.25, 0.3) is 0 Å². The SMILES string of the molecule is COc1ccc(C(=O)N2CCN(CC3CCC4(CC3)CCN(C(=O)OC(C)(C)C)CC4)CC2)cc1N1CCC(=O)NC1=O. The van der Waals surface area contributed by atoms with Gasteiger partial charge in [0, 0.05) is 64.3 Å². The molecule has 4 fully saturated rings. The molecule has 1 saturated carbocycles. The lowest BCUT2D eigenvalue weighted by molar-refractivity contribution is -0.120. The Morgan fingerprint density at radius 1 is 0.930 bits per heavy atom. The van der Waals surface area contributed by atoms with Crippen LogP contribution >= 0.6 is 0 Å². The van der Waals surface area contributed by atoms with Crippen LogP contribution in [0.5, 0.6) is 5.75 Å². The predicted octanol–water partition coefficient (Wildman–Crippen LogP) is 4.11. The van der Waals surface area contributed by atoms with Gasteiger partial charge < -0.3 is 19.3 Å². The molecule has 0 atom stereocenters. The highest BCUT2D eigenvalue weighted by atomic mass is 16.6. The van der Waals surface area contributed by atoms with Gasteiger partial charge in [0.25, 0.3) is 5.91 Å². The summed E-state index contributed by atoms with van der Waals surface area (Å²) >= 11 is 0. The molecule has 0 bridgehead atoms. The fourth-order valence-corrected chi connectivity index (χ4v) is 6.97. The third-order valence-corrected chi connectivity index (χ3v) is 9.59. The van der Waals surface area contributed by atoms with Gasteiger partial charge in [0.1, 0.15) is 11.4 Å². The van der Waals surface area contributed by atoms with Crippen LogP contribution in [0.4, 0.5) is 15.3 Å². The number of ether oxygens (including phenoxy) is 2. The summed E-state index contributed by atoms with van der Waals surface area (Å²) in [4.78, 5) is 57.7. The van der Waals surface area contributed by atoms with Gasteiger partial charge in [0.05, 0.1) is 12.8 Å². The van der Waals surface area contributed by atoms with E-state index in [0.717, 1.165) is 45.6 Å². The quantitative estimate of drug-likeness (QED) is 0.544. The molecule has 0 unspecified atom stereocenters. The van der Waals surface area contributed by atoms with Crippen molar-refractivity contribution in [2.24, 2.45) is 11.3 Å². The van der Waals surface area contributed by atoms with Crippen molar-refractivity contribution in [1.29, 1.82) is 0 Å². The van der Waals surface area contributed by atoms with Crippen molar-refractivity contribution in [2.75, 3.05) is 64.4 Å². The van der Waals surface area contributed by atoms with Crippen LogP contribution in [0.15, 0.2) is 18.2 Å². The number of nitrogens with one attached hydrogen (secondary N) is 1. The Morgan fingerprint density at radius 2 is 1.60 bits per heavy atom. The maximum absolute atomic E-state index is 13.4. The van der Waals surface area contributed by atoms with Crippen LogP contribution in [0, 0.1) is 11.3 Å². The van der Waals surface area contributed by atoms with E-state index in [1.807, 2.05) is 30.6 Å². The first-order chi connectivity index (χ1) is 20.4. The summed E-state index contributed by atoms with van der Waals surface area (Å²) in [6.45, 7) is 11.6. The number of methoxy groups -OCH3 is 1. The Kier molecular flexibility index (Phi) is 9.20. The maximum atomic E-state index is 13.4. The van der Waals surface area contributed by atoms with Gasteiger partial charge in [-0.25, -0.2) is 9.59 Å². The van der Waals surface area contributed by atoms with Crippen molar-refractivity contribution in [3.05, 3.63) is 23.8 Å². The minimum atomic E-state index is -0.507. The highest BCUT2D eigenvalue weighted by Crippen LogP contribution is 2.46. The molecule has 4 aliphatic rings. The molecule has 1 N–H and O–H groups in total. The number of hydrogen-bond acceptors (Lipinski definition) is 7. The number of imide groups is 1. The zero-order chi connectivity index (χ0) is 30.8. The fourth-order valence-electron chi connectivity index (χ4n) is 6.97. The molecule has 43 heavy (non-hydrogen) atoms. The Bertz CT molecular complexity index is 1200. The van der Waals surface area contributed by atoms with E-state index in [1.54, 1.807) is 18.2 Å². The first kappa shape index (κ1) is 31.1. The van der Waals surface area contributed by atoms with Crippen molar-refractivity contribution < 1.29 is 28.7 Å². The van der Waals surface area contributed by atoms with Gasteiger partial charge in [-0.1, -0.05) is 0 Å². The molecule has 3 saturated heterocycles. The molecule has 236 valence electrons. The molecule has 5 rings (SSSR count). The average Bonchev–Trinajstić information content (AvgIpc) is 2.98. The summed E-state index contributed by atoms with van der Waals surface area (Å²) in [7, 11) is 1.52. The second kappa shape index (κ2) is 12.7. The average molecular weight is 598 g/mol. The van der Waals surface area contributed by atoms with E-state index in [-0.39, 0.29) is 30.9 Å². The molecule has 1 aliphatic carbocycles. The summed E-state index contributed by atoms with van der Waals surface area (Å²) in [5.74, 6) is 0.783. The molecular weight excluding hydrogens is 550 g/mol. The van der Waals surface area contributed by atoms with Gasteiger partial charge in [-0.2, -0.15) is 0 Å². The molecular formula is C32H47N5O6. The highest BCUT2D eigenvalue weighted by Gasteiger charge is 2.40. The molecule has 3 heterocycles. The van der Waals surface area contributed by atoms with E-state index in [0.29, 0.717) is 41.4 Å². The fraction of sp³-hybridized carbons (Fsp3) is 0.688. The first-order valence-corrected chi connectivity index (χ1v) is 15.7. The molecule has 5 amide bonds.